The highest BCUT2D eigenvalue weighted by Gasteiger charge is 2.18. The van der Waals surface area contributed by atoms with Crippen molar-refractivity contribution in [3.8, 4) is 0 Å². The zero-order valence-electron chi connectivity index (χ0n) is 34.5. The van der Waals surface area contributed by atoms with E-state index in [1.54, 1.807) is 21.6 Å². The molecule has 1 unspecified atom stereocenters. The van der Waals surface area contributed by atoms with Gasteiger partial charge in [0, 0.05) is 115 Å². The van der Waals surface area contributed by atoms with Crippen molar-refractivity contribution < 1.29 is 14.2 Å². The lowest BCUT2D eigenvalue weighted by Crippen LogP contribution is -2.31. The molecular weight excluding hydrogens is 721 g/mol. The fourth-order valence-electron chi connectivity index (χ4n) is 6.15. The van der Waals surface area contributed by atoms with Crippen molar-refractivity contribution in [2.75, 3.05) is 77.8 Å². The highest BCUT2D eigenvalue weighted by molar-refractivity contribution is 8.76. The van der Waals surface area contributed by atoms with Crippen LogP contribution in [0.15, 0.2) is 108 Å². The zero-order valence-corrected chi connectivity index (χ0v) is 36.2. The van der Waals surface area contributed by atoms with E-state index in [0.29, 0.717) is 18.8 Å². The minimum atomic E-state index is 0.169. The van der Waals surface area contributed by atoms with E-state index in [0.717, 1.165) is 62.5 Å². The topological polar surface area (TPSA) is 63.0 Å². The molecule has 1 aromatic heterocycles. The number of amides is 2. The zero-order chi connectivity index (χ0) is 40.0. The molecule has 298 valence electrons. The van der Waals surface area contributed by atoms with E-state index in [1.165, 1.54) is 28.1 Å². The van der Waals surface area contributed by atoms with Crippen LogP contribution in [0.1, 0.15) is 57.1 Å². The van der Waals surface area contributed by atoms with Gasteiger partial charge >= 0.3 is 0 Å². The van der Waals surface area contributed by atoms with Crippen molar-refractivity contribution in [1.82, 2.24) is 20.0 Å². The molecule has 10 heteroatoms. The summed E-state index contributed by atoms with van der Waals surface area (Å²) in [7, 11) is 15.3. The van der Waals surface area contributed by atoms with Gasteiger partial charge in [-0.15, -0.1) is 0 Å². The first-order valence-corrected chi connectivity index (χ1v) is 22.0. The molecule has 8 nitrogen and oxygen atoms in total. The number of nitrogens with zero attached hydrogens (tertiary/aromatic N) is 5. The Balaban J connectivity index is 1.24. The number of allylic oxidation sites excluding steroid dienone is 9. The van der Waals surface area contributed by atoms with E-state index >= 15 is 0 Å². The normalized spacial score (nSPS) is 14.7. The lowest BCUT2D eigenvalue weighted by atomic mass is 9.91. The Bertz CT molecular complexity index is 1660. The third kappa shape index (κ3) is 17.0. The Hall–Kier alpha value is -4.15. The van der Waals surface area contributed by atoms with Crippen LogP contribution < -0.4 is 14.8 Å². The number of carbonyl (C=O) groups excluding carboxylic acids is 2. The van der Waals surface area contributed by atoms with E-state index in [1.807, 2.05) is 61.2 Å². The Morgan fingerprint density at radius 1 is 0.782 bits per heavy atom. The molecule has 1 atom stereocenters. The van der Waals surface area contributed by atoms with Gasteiger partial charge in [-0.05, 0) is 78.9 Å². The van der Waals surface area contributed by atoms with Gasteiger partial charge in [0.05, 0.1) is 0 Å². The predicted octanol–water partition coefficient (Wildman–Crippen LogP) is 7.99. The van der Waals surface area contributed by atoms with Gasteiger partial charge in [-0.2, -0.15) is 0 Å². The van der Waals surface area contributed by atoms with Crippen LogP contribution in [-0.4, -0.2) is 99.4 Å². The lowest BCUT2D eigenvalue weighted by molar-refractivity contribution is -0.671. The summed E-state index contributed by atoms with van der Waals surface area (Å²) >= 11 is 0. The Labute approximate surface area is 340 Å². The number of hydrogen-bond acceptors (Lipinski definition) is 7. The number of rotatable bonds is 23. The van der Waals surface area contributed by atoms with Gasteiger partial charge in [-0.3, -0.25) is 9.59 Å². The van der Waals surface area contributed by atoms with Crippen LogP contribution in [-0.2, 0) is 16.6 Å². The summed E-state index contributed by atoms with van der Waals surface area (Å²) in [5.41, 5.74) is 7.36. The number of pyridine rings is 1. The van der Waals surface area contributed by atoms with Gasteiger partial charge in [0.1, 0.15) is 7.05 Å². The second-order valence-corrected chi connectivity index (χ2v) is 16.9. The molecule has 1 aliphatic rings. The second-order valence-electron chi connectivity index (χ2n) is 14.2. The quantitative estimate of drug-likeness (QED) is 0.0531. The lowest BCUT2D eigenvalue weighted by Gasteiger charge is -2.30. The molecule has 0 aliphatic heterocycles. The summed E-state index contributed by atoms with van der Waals surface area (Å²) < 4.78 is 2.03. The number of hydrogen-bond donors (Lipinski definition) is 1. The van der Waals surface area contributed by atoms with E-state index in [4.69, 9.17) is 0 Å². The van der Waals surface area contributed by atoms with E-state index in [9.17, 15) is 9.59 Å². The predicted molar refractivity (Wildman–Crippen MR) is 239 cm³/mol. The number of carbonyl (C=O) groups is 2. The Morgan fingerprint density at radius 3 is 1.89 bits per heavy atom. The van der Waals surface area contributed by atoms with Crippen molar-refractivity contribution >= 4 is 51.2 Å². The number of nitrogens with one attached hydrogen (secondary N) is 1. The van der Waals surface area contributed by atoms with Gasteiger partial charge in [0.25, 0.3) is 0 Å². The maximum atomic E-state index is 12.8. The summed E-state index contributed by atoms with van der Waals surface area (Å²) in [5, 5.41) is 3.04. The van der Waals surface area contributed by atoms with Gasteiger partial charge in [-0.1, -0.05) is 77.1 Å². The molecule has 1 aromatic carbocycles. The summed E-state index contributed by atoms with van der Waals surface area (Å²) in [6, 6.07) is 12.8. The average molecular weight is 786 g/mol. The number of aromatic nitrogens is 1. The minimum absolute atomic E-state index is 0.169. The Kier molecular flexibility index (Phi) is 20.6. The van der Waals surface area contributed by atoms with Gasteiger partial charge in [0.15, 0.2) is 12.4 Å². The van der Waals surface area contributed by atoms with Crippen molar-refractivity contribution in [2.45, 2.75) is 46.0 Å². The third-order valence-corrected chi connectivity index (χ3v) is 12.1. The monoisotopic (exact) mass is 785 g/mol. The molecular formula is C45H65N6O2S2+. The molecule has 1 N–H and O–H groups in total. The molecule has 2 amide bonds. The highest BCUT2D eigenvalue weighted by atomic mass is 33.1. The summed E-state index contributed by atoms with van der Waals surface area (Å²) in [6.07, 6.45) is 27.2. The molecule has 3 rings (SSSR count). The van der Waals surface area contributed by atoms with Crippen LogP contribution in [0, 0.1) is 5.92 Å². The van der Waals surface area contributed by atoms with E-state index < -0.39 is 0 Å². The molecule has 55 heavy (non-hydrogen) atoms. The first-order chi connectivity index (χ1) is 26.5. The number of aryl methyl sites for hydroxylation is 1. The molecule has 1 heterocycles. The smallest absolute Gasteiger partial charge is 0.223 e. The van der Waals surface area contributed by atoms with Crippen LogP contribution in [0.4, 0.5) is 5.69 Å². The van der Waals surface area contributed by atoms with Crippen LogP contribution in [0.2, 0.25) is 0 Å². The van der Waals surface area contributed by atoms with Gasteiger partial charge in [0.2, 0.25) is 11.8 Å². The van der Waals surface area contributed by atoms with Gasteiger partial charge < -0.3 is 24.9 Å². The largest absolute Gasteiger partial charge is 0.394 e. The fraction of sp³-hybridized carbons (Fsp3) is 0.444. The summed E-state index contributed by atoms with van der Waals surface area (Å²) in [4.78, 5) is 33.7. The molecule has 0 fully saturated rings. The fourth-order valence-corrected chi connectivity index (χ4v) is 8.11. The molecule has 0 saturated carbocycles. The minimum Gasteiger partial charge on any atom is -0.394 e. The third-order valence-electron chi connectivity index (χ3n) is 9.74. The first kappa shape index (κ1) is 45.2. The maximum Gasteiger partial charge on any atom is 0.223 e. The average Bonchev–Trinajstić information content (AvgIpc) is 3.18. The SMILES string of the molecule is CC=C(C=CNC)C=CC1=CC=C(N(C)CCCN(C)C(=O)CCSSCCC(=O)N(C)CCCN(C)c2ccc(C=Cc3cc[n+](C)cc3)cc2)C(C)C1. The molecule has 0 radical (unpaired) electrons. The van der Waals surface area contributed by atoms with Crippen molar-refractivity contribution in [2.24, 2.45) is 13.0 Å². The maximum absolute atomic E-state index is 12.8. The second kappa shape index (κ2) is 25.1. The van der Waals surface area contributed by atoms with Gasteiger partial charge in [-0.25, -0.2) is 4.57 Å². The molecule has 0 saturated heterocycles. The number of anilines is 1. The number of benzene rings is 1. The van der Waals surface area contributed by atoms with E-state index in [2.05, 4.69) is 128 Å². The molecule has 2 aromatic rings. The van der Waals surface area contributed by atoms with Crippen LogP contribution in [0.5, 0.6) is 0 Å². The standard InChI is InChI=1S/C45H65N6O2S2/c1-9-38(22-27-46-3)12-15-41-18-21-43(37(2)36-41)49(6)29-11-31-51(8)45(53)26-35-55-54-34-25-44(52)50(7)30-10-28-48(5)42-19-16-39(17-20-42)13-14-40-23-32-47(4)33-24-40/h9,12-24,27,32-33,37,46H,10-11,25-26,28-31,34-36H2,1-8H3/q+1. The van der Waals surface area contributed by atoms with E-state index in [-0.39, 0.29) is 11.8 Å². The Morgan fingerprint density at radius 2 is 1.35 bits per heavy atom. The highest BCUT2D eigenvalue weighted by Crippen LogP contribution is 2.28. The summed E-state index contributed by atoms with van der Waals surface area (Å²) in [5.74, 6) is 2.29. The first-order valence-electron chi connectivity index (χ1n) is 19.5. The van der Waals surface area contributed by atoms with Crippen LogP contribution >= 0.6 is 21.6 Å². The van der Waals surface area contributed by atoms with Crippen LogP contribution in [0.25, 0.3) is 12.2 Å². The summed E-state index contributed by atoms with van der Waals surface area (Å²) in [6.45, 7) is 7.60. The van der Waals surface area contributed by atoms with Crippen molar-refractivity contribution in [3.63, 3.8) is 0 Å². The van der Waals surface area contributed by atoms with Crippen LogP contribution in [0.3, 0.4) is 0 Å². The van der Waals surface area contributed by atoms with Crippen molar-refractivity contribution in [1.29, 1.82) is 0 Å². The molecule has 1 aliphatic carbocycles. The van der Waals surface area contributed by atoms with Crippen molar-refractivity contribution in [3.05, 3.63) is 119 Å². The molecule has 0 spiro atoms. The molecule has 0 bridgehead atoms.